The molecule has 1 unspecified atom stereocenters. The first-order valence-corrected chi connectivity index (χ1v) is 14.8. The second-order valence-electron chi connectivity index (χ2n) is 10.2. The first-order chi connectivity index (χ1) is 21.8. The number of phenols is 1. The van der Waals surface area contributed by atoms with Crippen molar-refractivity contribution in [2.75, 3.05) is 10.2 Å². The van der Waals surface area contributed by atoms with Gasteiger partial charge in [-0.15, -0.1) is 0 Å². The molecule has 1 atom stereocenters. The normalized spacial score (nSPS) is 14.4. The second kappa shape index (κ2) is 12.5. The van der Waals surface area contributed by atoms with E-state index in [0.717, 1.165) is 11.8 Å². The van der Waals surface area contributed by atoms with Crippen LogP contribution >= 0.6 is 11.8 Å². The number of nitrogens with one attached hydrogen (secondary N) is 1. The Morgan fingerprint density at radius 2 is 1.60 bits per heavy atom. The van der Waals surface area contributed by atoms with Crippen LogP contribution in [0.5, 0.6) is 5.75 Å². The number of pyridine rings is 1. The van der Waals surface area contributed by atoms with Crippen LogP contribution in [0.15, 0.2) is 120 Å². The maximum atomic E-state index is 13.5. The Kier molecular flexibility index (Phi) is 8.13. The van der Waals surface area contributed by atoms with Crippen molar-refractivity contribution in [1.29, 1.82) is 0 Å². The Hall–Kier alpha value is -5.74. The fourth-order valence-electron chi connectivity index (χ4n) is 4.79. The third-order valence-corrected chi connectivity index (χ3v) is 8.14. The highest BCUT2D eigenvalue weighted by molar-refractivity contribution is 8.15. The molecule has 2 amide bonds. The van der Waals surface area contributed by atoms with Gasteiger partial charge in [0.2, 0.25) is 5.91 Å². The zero-order valence-corrected chi connectivity index (χ0v) is 24.7. The summed E-state index contributed by atoms with van der Waals surface area (Å²) in [5, 5.41) is 22.5. The molecule has 0 saturated carbocycles. The highest BCUT2D eigenvalue weighted by atomic mass is 32.2. The van der Waals surface area contributed by atoms with Gasteiger partial charge in [0.1, 0.15) is 11.4 Å². The molecular weight excluding hydrogens is 588 g/mol. The number of aliphatic imine (C=N–C) groups is 1. The number of aromatic hydroxyl groups is 1. The summed E-state index contributed by atoms with van der Waals surface area (Å²) in [5.74, 6) is -1.53. The summed E-state index contributed by atoms with van der Waals surface area (Å²) in [5.41, 5.74) is 4.04. The largest absolute Gasteiger partial charge is 0.508 e. The van der Waals surface area contributed by atoms with Crippen LogP contribution in [0.4, 0.5) is 11.4 Å². The summed E-state index contributed by atoms with van der Waals surface area (Å²) in [6.07, 6.45) is 1.64. The smallest absolute Gasteiger partial charge is 0.336 e. The second-order valence-corrected chi connectivity index (χ2v) is 11.5. The predicted octanol–water partition coefficient (Wildman–Crippen LogP) is 6.81. The average Bonchev–Trinajstić information content (AvgIpc) is 3.35. The molecular formula is C35H26N4O5S. The number of anilines is 2. The molecule has 3 N–H and O–H groups in total. The van der Waals surface area contributed by atoms with Gasteiger partial charge in [-0.05, 0) is 67.1 Å². The van der Waals surface area contributed by atoms with Crippen LogP contribution in [0.1, 0.15) is 22.8 Å². The van der Waals surface area contributed by atoms with E-state index in [2.05, 4.69) is 15.3 Å². The van der Waals surface area contributed by atoms with Crippen molar-refractivity contribution in [1.82, 2.24) is 4.98 Å². The van der Waals surface area contributed by atoms with Crippen LogP contribution in [0, 0.1) is 0 Å². The maximum absolute atomic E-state index is 13.5. The first kappa shape index (κ1) is 29.3. The van der Waals surface area contributed by atoms with E-state index in [1.165, 1.54) is 17.0 Å². The number of amides is 2. The predicted molar refractivity (Wildman–Crippen MR) is 177 cm³/mol. The molecule has 6 rings (SSSR count). The Balaban J connectivity index is 1.20. The van der Waals surface area contributed by atoms with Crippen molar-refractivity contribution < 1.29 is 24.6 Å². The molecule has 4 aromatic carbocycles. The Morgan fingerprint density at radius 3 is 2.31 bits per heavy atom. The zero-order chi connectivity index (χ0) is 31.5. The van der Waals surface area contributed by atoms with Crippen molar-refractivity contribution in [2.45, 2.75) is 12.2 Å². The van der Waals surface area contributed by atoms with Gasteiger partial charge in [0.25, 0.3) is 5.91 Å². The van der Waals surface area contributed by atoms with Gasteiger partial charge in [0.05, 0.1) is 27.7 Å². The number of carbonyl (C=O) groups excluding carboxylic acids is 2. The molecule has 0 spiro atoms. The molecule has 10 heteroatoms. The zero-order valence-electron chi connectivity index (χ0n) is 23.9. The standard InChI is InChI=1S/C35H26N4O5S/c1-21(45-35-38-31(19-22-11-17-26(40)18-12-22)33(42)39(35)25-7-3-2-4-8-25)32(41)36-24-15-13-23(14-16-24)30-20-28(34(43)44)27-9-5-6-10-29(27)37-30/h2-21,40H,1H3,(H,36,41)(H,43,44)/b31-19-. The van der Waals surface area contributed by atoms with Crippen LogP contribution in [0.3, 0.4) is 0 Å². The topological polar surface area (TPSA) is 132 Å². The molecule has 2 heterocycles. The molecule has 1 aromatic heterocycles. The fraction of sp³-hybridized carbons (Fsp3) is 0.0571. The first-order valence-electron chi connectivity index (χ1n) is 14.0. The van der Waals surface area contributed by atoms with Gasteiger partial charge in [-0.2, -0.15) is 0 Å². The highest BCUT2D eigenvalue weighted by Gasteiger charge is 2.34. The Morgan fingerprint density at radius 1 is 0.911 bits per heavy atom. The van der Waals surface area contributed by atoms with E-state index in [1.807, 2.05) is 24.3 Å². The highest BCUT2D eigenvalue weighted by Crippen LogP contribution is 2.32. The average molecular weight is 615 g/mol. The van der Waals surface area contributed by atoms with Crippen molar-refractivity contribution in [3.05, 3.63) is 126 Å². The fourth-order valence-corrected chi connectivity index (χ4v) is 5.72. The number of carbonyl (C=O) groups is 3. The van der Waals surface area contributed by atoms with Gasteiger partial charge >= 0.3 is 5.97 Å². The molecule has 5 aromatic rings. The summed E-state index contributed by atoms with van der Waals surface area (Å²) < 4.78 is 0. The third-order valence-electron chi connectivity index (χ3n) is 7.09. The van der Waals surface area contributed by atoms with E-state index in [9.17, 15) is 24.6 Å². The van der Waals surface area contributed by atoms with E-state index in [0.29, 0.717) is 44.3 Å². The number of amidine groups is 1. The number of hydrogen-bond acceptors (Lipinski definition) is 7. The molecule has 0 aliphatic carbocycles. The van der Waals surface area contributed by atoms with Crippen LogP contribution < -0.4 is 10.2 Å². The lowest BCUT2D eigenvalue weighted by Gasteiger charge is -2.20. The van der Waals surface area contributed by atoms with Gasteiger partial charge < -0.3 is 15.5 Å². The summed E-state index contributed by atoms with van der Waals surface area (Å²) >= 11 is 1.16. The van der Waals surface area contributed by atoms with E-state index < -0.39 is 11.2 Å². The monoisotopic (exact) mass is 614 g/mol. The third kappa shape index (κ3) is 6.31. The number of thioether (sulfide) groups is 1. The van der Waals surface area contributed by atoms with Gasteiger partial charge in [-0.3, -0.25) is 14.5 Å². The van der Waals surface area contributed by atoms with Gasteiger partial charge in [-0.1, -0.05) is 72.4 Å². The number of benzene rings is 4. The number of aromatic nitrogens is 1. The minimum Gasteiger partial charge on any atom is -0.508 e. The van der Waals surface area contributed by atoms with E-state index in [4.69, 9.17) is 0 Å². The van der Waals surface area contributed by atoms with E-state index in [1.54, 1.807) is 85.8 Å². The molecule has 1 aliphatic rings. The van der Waals surface area contributed by atoms with E-state index >= 15 is 0 Å². The number of phenolic OH excluding ortho intramolecular Hbond substituents is 1. The molecule has 0 saturated heterocycles. The van der Waals surface area contributed by atoms with Crippen molar-refractivity contribution in [2.24, 2.45) is 4.99 Å². The molecule has 1 aliphatic heterocycles. The van der Waals surface area contributed by atoms with Crippen LogP contribution in [0.2, 0.25) is 0 Å². The van der Waals surface area contributed by atoms with Crippen LogP contribution in [-0.4, -0.2) is 43.4 Å². The number of fused-ring (bicyclic) bond motifs is 1. The van der Waals surface area contributed by atoms with Crippen LogP contribution in [-0.2, 0) is 9.59 Å². The summed E-state index contributed by atoms with van der Waals surface area (Å²) in [7, 11) is 0. The lowest BCUT2D eigenvalue weighted by atomic mass is 10.0. The van der Waals surface area contributed by atoms with Crippen molar-refractivity contribution >= 4 is 63.1 Å². The molecule has 45 heavy (non-hydrogen) atoms. The van der Waals surface area contributed by atoms with Crippen molar-refractivity contribution in [3.63, 3.8) is 0 Å². The van der Waals surface area contributed by atoms with E-state index in [-0.39, 0.29) is 28.8 Å². The lowest BCUT2D eigenvalue weighted by Crippen LogP contribution is -2.33. The Labute approximate surface area is 262 Å². The van der Waals surface area contributed by atoms with Gasteiger partial charge in [0, 0.05) is 16.6 Å². The number of rotatable bonds is 7. The molecule has 0 fully saturated rings. The molecule has 222 valence electrons. The number of hydrogen-bond donors (Lipinski definition) is 3. The lowest BCUT2D eigenvalue weighted by molar-refractivity contribution is -0.115. The number of carboxylic acids is 1. The summed E-state index contributed by atoms with van der Waals surface area (Å²) in [4.78, 5) is 49.3. The minimum atomic E-state index is -1.03. The maximum Gasteiger partial charge on any atom is 0.336 e. The number of nitrogens with zero attached hydrogens (tertiary/aromatic N) is 3. The number of para-hydroxylation sites is 2. The molecule has 0 radical (unpaired) electrons. The van der Waals surface area contributed by atoms with Gasteiger partial charge in [-0.25, -0.2) is 14.8 Å². The SMILES string of the molecule is CC(SC1=N/C(=C\c2ccc(O)cc2)C(=O)N1c1ccccc1)C(=O)Nc1ccc(-c2cc(C(=O)O)c3ccccc3n2)cc1. The van der Waals surface area contributed by atoms with Gasteiger partial charge in [0.15, 0.2) is 5.17 Å². The molecule has 9 nitrogen and oxygen atoms in total. The Bertz CT molecular complexity index is 1990. The summed E-state index contributed by atoms with van der Waals surface area (Å²) in [6, 6.07) is 31.2. The quantitative estimate of drug-likeness (QED) is 0.172. The van der Waals surface area contributed by atoms with Crippen molar-refractivity contribution in [3.8, 4) is 17.0 Å². The van der Waals surface area contributed by atoms with Crippen LogP contribution in [0.25, 0.3) is 28.2 Å². The summed E-state index contributed by atoms with van der Waals surface area (Å²) in [6.45, 7) is 1.73. The minimum absolute atomic E-state index is 0.118. The molecule has 0 bridgehead atoms. The number of carboxylic acid groups (broad SMARTS) is 1. The number of aromatic carboxylic acids is 1.